The summed E-state index contributed by atoms with van der Waals surface area (Å²) >= 11 is 0. The van der Waals surface area contributed by atoms with Crippen LogP contribution in [0.2, 0.25) is 0 Å². The molecule has 0 spiro atoms. The summed E-state index contributed by atoms with van der Waals surface area (Å²) in [7, 11) is 0. The van der Waals surface area contributed by atoms with Crippen molar-refractivity contribution >= 4 is 0 Å². The van der Waals surface area contributed by atoms with E-state index in [-0.39, 0.29) is 0 Å². The van der Waals surface area contributed by atoms with E-state index in [2.05, 4.69) is 29.1 Å². The third kappa shape index (κ3) is 3.51. The van der Waals surface area contributed by atoms with E-state index >= 15 is 0 Å². The predicted octanol–water partition coefficient (Wildman–Crippen LogP) is 1.54. The summed E-state index contributed by atoms with van der Waals surface area (Å²) in [6.07, 6.45) is 5.88. The highest BCUT2D eigenvalue weighted by molar-refractivity contribution is 5.04. The molecule has 0 aliphatic heterocycles. The maximum absolute atomic E-state index is 4.27. The van der Waals surface area contributed by atoms with Crippen molar-refractivity contribution in [2.75, 3.05) is 6.54 Å². The smallest absolute Gasteiger partial charge is 0.128 e. The Bertz CT molecular complexity index is 230. The number of nitrogens with zero attached hydrogens (tertiary/aromatic N) is 2. The summed E-state index contributed by atoms with van der Waals surface area (Å²) in [4.78, 5) is 8.54. The molecular weight excluding hydrogens is 162 g/mol. The van der Waals surface area contributed by atoms with Crippen molar-refractivity contribution in [1.82, 2.24) is 15.3 Å². The van der Waals surface area contributed by atoms with Crippen LogP contribution < -0.4 is 5.32 Å². The largest absolute Gasteiger partial charge is 0.313 e. The van der Waals surface area contributed by atoms with Crippen LogP contribution in [0.4, 0.5) is 0 Å². The van der Waals surface area contributed by atoms with Crippen molar-refractivity contribution in [3.8, 4) is 0 Å². The standard InChI is InChI=1S/C10H17N3/c1-3-5-10-12-7-9(8-13-10)6-11-4-2/h7-8,11H,3-6H2,1-2H3. The van der Waals surface area contributed by atoms with Gasteiger partial charge >= 0.3 is 0 Å². The van der Waals surface area contributed by atoms with Crippen molar-refractivity contribution in [3.63, 3.8) is 0 Å². The van der Waals surface area contributed by atoms with E-state index in [1.165, 1.54) is 0 Å². The van der Waals surface area contributed by atoms with Gasteiger partial charge in [0.1, 0.15) is 5.82 Å². The fraction of sp³-hybridized carbons (Fsp3) is 0.600. The normalized spacial score (nSPS) is 10.3. The van der Waals surface area contributed by atoms with E-state index in [9.17, 15) is 0 Å². The van der Waals surface area contributed by atoms with E-state index < -0.39 is 0 Å². The summed E-state index contributed by atoms with van der Waals surface area (Å²) in [6, 6.07) is 0. The van der Waals surface area contributed by atoms with Gasteiger partial charge in [-0.15, -0.1) is 0 Å². The minimum atomic E-state index is 0.864. The zero-order valence-electron chi connectivity index (χ0n) is 8.38. The molecule has 0 saturated carbocycles. The molecule has 0 bridgehead atoms. The minimum Gasteiger partial charge on any atom is -0.313 e. The fourth-order valence-corrected chi connectivity index (χ4v) is 1.09. The highest BCUT2D eigenvalue weighted by Crippen LogP contribution is 1.97. The lowest BCUT2D eigenvalue weighted by atomic mass is 10.3. The number of aryl methyl sites for hydroxylation is 1. The first-order valence-corrected chi connectivity index (χ1v) is 4.87. The Kier molecular flexibility index (Phi) is 4.40. The predicted molar refractivity (Wildman–Crippen MR) is 53.4 cm³/mol. The average Bonchev–Trinajstić information content (AvgIpc) is 2.17. The maximum Gasteiger partial charge on any atom is 0.128 e. The molecular formula is C10H17N3. The Balaban J connectivity index is 2.48. The van der Waals surface area contributed by atoms with Crippen LogP contribution in [0.5, 0.6) is 0 Å². The molecule has 0 saturated heterocycles. The van der Waals surface area contributed by atoms with E-state index in [1.807, 2.05) is 12.4 Å². The van der Waals surface area contributed by atoms with E-state index in [1.54, 1.807) is 0 Å². The molecule has 0 aliphatic carbocycles. The summed E-state index contributed by atoms with van der Waals surface area (Å²) in [6.45, 7) is 6.07. The third-order valence-electron chi connectivity index (χ3n) is 1.81. The molecule has 1 heterocycles. The number of hydrogen-bond donors (Lipinski definition) is 1. The molecule has 13 heavy (non-hydrogen) atoms. The molecule has 0 radical (unpaired) electrons. The second kappa shape index (κ2) is 5.65. The fourth-order valence-electron chi connectivity index (χ4n) is 1.09. The zero-order chi connectivity index (χ0) is 9.52. The van der Waals surface area contributed by atoms with Crippen molar-refractivity contribution in [3.05, 3.63) is 23.8 Å². The van der Waals surface area contributed by atoms with Crippen LogP contribution in [0, 0.1) is 0 Å². The van der Waals surface area contributed by atoms with Gasteiger partial charge in [-0.05, 0) is 13.0 Å². The van der Waals surface area contributed by atoms with Crippen LogP contribution in [-0.4, -0.2) is 16.5 Å². The van der Waals surface area contributed by atoms with Gasteiger partial charge in [-0.2, -0.15) is 0 Å². The molecule has 1 rings (SSSR count). The molecule has 1 aromatic rings. The van der Waals surface area contributed by atoms with Gasteiger partial charge in [-0.25, -0.2) is 9.97 Å². The highest BCUT2D eigenvalue weighted by Gasteiger charge is 1.95. The van der Waals surface area contributed by atoms with Crippen LogP contribution in [0.25, 0.3) is 0 Å². The number of rotatable bonds is 5. The third-order valence-corrected chi connectivity index (χ3v) is 1.81. The van der Waals surface area contributed by atoms with Crippen LogP contribution in [0.15, 0.2) is 12.4 Å². The first-order valence-electron chi connectivity index (χ1n) is 4.87. The molecule has 0 amide bonds. The Morgan fingerprint density at radius 3 is 2.46 bits per heavy atom. The van der Waals surface area contributed by atoms with Crippen molar-refractivity contribution in [2.24, 2.45) is 0 Å². The van der Waals surface area contributed by atoms with E-state index in [0.29, 0.717) is 0 Å². The Labute approximate surface area is 79.6 Å². The molecule has 0 aliphatic rings. The molecule has 0 atom stereocenters. The monoisotopic (exact) mass is 179 g/mol. The Hall–Kier alpha value is -0.960. The van der Waals surface area contributed by atoms with Gasteiger partial charge in [0.05, 0.1) is 0 Å². The van der Waals surface area contributed by atoms with Crippen LogP contribution in [-0.2, 0) is 13.0 Å². The van der Waals surface area contributed by atoms with Gasteiger partial charge in [-0.1, -0.05) is 13.8 Å². The van der Waals surface area contributed by atoms with Crippen molar-refractivity contribution in [2.45, 2.75) is 33.2 Å². The number of nitrogens with one attached hydrogen (secondary N) is 1. The minimum absolute atomic E-state index is 0.864. The van der Waals surface area contributed by atoms with E-state index in [0.717, 1.165) is 37.3 Å². The van der Waals surface area contributed by atoms with Gasteiger partial charge in [0.25, 0.3) is 0 Å². The summed E-state index contributed by atoms with van der Waals surface area (Å²) in [5, 5.41) is 3.24. The summed E-state index contributed by atoms with van der Waals surface area (Å²) in [5.74, 6) is 0.947. The highest BCUT2D eigenvalue weighted by atomic mass is 14.9. The van der Waals surface area contributed by atoms with Crippen molar-refractivity contribution < 1.29 is 0 Å². The quantitative estimate of drug-likeness (QED) is 0.745. The second-order valence-corrected chi connectivity index (χ2v) is 3.04. The lowest BCUT2D eigenvalue weighted by molar-refractivity contribution is 0.715. The molecule has 0 aromatic carbocycles. The topological polar surface area (TPSA) is 37.8 Å². The van der Waals surface area contributed by atoms with E-state index in [4.69, 9.17) is 0 Å². The van der Waals surface area contributed by atoms with Crippen LogP contribution >= 0.6 is 0 Å². The number of aromatic nitrogens is 2. The van der Waals surface area contributed by atoms with Gasteiger partial charge in [0.15, 0.2) is 0 Å². The second-order valence-electron chi connectivity index (χ2n) is 3.04. The van der Waals surface area contributed by atoms with Gasteiger partial charge in [0, 0.05) is 30.9 Å². The average molecular weight is 179 g/mol. The first kappa shape index (κ1) is 10.1. The SMILES string of the molecule is CCCc1ncc(CNCC)cn1. The molecule has 3 nitrogen and oxygen atoms in total. The maximum atomic E-state index is 4.27. The summed E-state index contributed by atoms with van der Waals surface area (Å²) < 4.78 is 0. The molecule has 0 fully saturated rings. The van der Waals surface area contributed by atoms with Gasteiger partial charge in [-0.3, -0.25) is 0 Å². The molecule has 0 unspecified atom stereocenters. The molecule has 1 aromatic heterocycles. The van der Waals surface area contributed by atoms with Gasteiger partial charge < -0.3 is 5.32 Å². The lowest BCUT2D eigenvalue weighted by Crippen LogP contribution is -2.12. The zero-order valence-corrected chi connectivity index (χ0v) is 8.38. The lowest BCUT2D eigenvalue weighted by Gasteiger charge is -2.01. The molecule has 1 N–H and O–H groups in total. The van der Waals surface area contributed by atoms with Gasteiger partial charge in [0.2, 0.25) is 0 Å². The number of hydrogen-bond acceptors (Lipinski definition) is 3. The van der Waals surface area contributed by atoms with Crippen molar-refractivity contribution in [1.29, 1.82) is 0 Å². The first-order chi connectivity index (χ1) is 6.36. The summed E-state index contributed by atoms with van der Waals surface area (Å²) in [5.41, 5.74) is 1.15. The Morgan fingerprint density at radius 2 is 1.92 bits per heavy atom. The Morgan fingerprint density at radius 1 is 1.23 bits per heavy atom. The molecule has 3 heteroatoms. The van der Waals surface area contributed by atoms with Crippen LogP contribution in [0.3, 0.4) is 0 Å². The van der Waals surface area contributed by atoms with Crippen LogP contribution in [0.1, 0.15) is 31.7 Å². The molecule has 72 valence electrons.